The standard InChI is InChI=1S/C16H30O3.Na/c1-2-3-4-5-6-7-8-9-10-11-12-13-15(17)14-16(18)19;/h2-14H2,1H3,(H,18,19);/q;+1/p-1. The van der Waals surface area contributed by atoms with Gasteiger partial charge in [-0.25, -0.2) is 0 Å². The predicted molar refractivity (Wildman–Crippen MR) is 75.7 cm³/mol. The molecular weight excluding hydrogens is 263 g/mol. The van der Waals surface area contributed by atoms with Crippen LogP contribution in [0.5, 0.6) is 0 Å². The molecule has 0 saturated heterocycles. The normalized spacial score (nSPS) is 10.1. The zero-order valence-electron chi connectivity index (χ0n) is 13.4. The Labute approximate surface area is 146 Å². The number of hydrogen-bond donors (Lipinski definition) is 0. The predicted octanol–water partition coefficient (Wildman–Crippen LogP) is 0.401. The Morgan fingerprint density at radius 1 is 0.750 bits per heavy atom. The average molecular weight is 292 g/mol. The molecule has 4 heteroatoms. The van der Waals surface area contributed by atoms with E-state index in [1.165, 1.54) is 51.4 Å². The van der Waals surface area contributed by atoms with Gasteiger partial charge in [0.2, 0.25) is 0 Å². The topological polar surface area (TPSA) is 57.2 Å². The van der Waals surface area contributed by atoms with Crippen LogP contribution in [-0.2, 0) is 9.59 Å². The molecule has 0 unspecified atom stereocenters. The number of hydrogen-bond acceptors (Lipinski definition) is 3. The molecule has 0 aliphatic rings. The fourth-order valence-electron chi connectivity index (χ4n) is 2.24. The quantitative estimate of drug-likeness (QED) is 0.264. The Balaban J connectivity index is 0. The van der Waals surface area contributed by atoms with E-state index in [0.29, 0.717) is 6.42 Å². The Bertz CT molecular complexity index is 242. The molecule has 0 aliphatic carbocycles. The number of Topliss-reactive ketones (excluding diaryl/α,β-unsaturated/α-hetero) is 1. The third-order valence-electron chi connectivity index (χ3n) is 3.40. The van der Waals surface area contributed by atoms with Crippen molar-refractivity contribution in [3.8, 4) is 0 Å². The number of aliphatic carboxylic acids is 1. The summed E-state index contributed by atoms with van der Waals surface area (Å²) >= 11 is 0. The summed E-state index contributed by atoms with van der Waals surface area (Å²) in [7, 11) is 0. The van der Waals surface area contributed by atoms with Crippen LogP contribution in [0.4, 0.5) is 0 Å². The van der Waals surface area contributed by atoms with E-state index in [4.69, 9.17) is 0 Å². The first kappa shape index (κ1) is 22.4. The van der Waals surface area contributed by atoms with Crippen LogP contribution < -0.4 is 34.7 Å². The zero-order chi connectivity index (χ0) is 14.3. The van der Waals surface area contributed by atoms with Crippen LogP contribution in [0.3, 0.4) is 0 Å². The van der Waals surface area contributed by atoms with E-state index >= 15 is 0 Å². The van der Waals surface area contributed by atoms with Gasteiger partial charge < -0.3 is 9.90 Å². The fraction of sp³-hybridized carbons (Fsp3) is 0.875. The van der Waals surface area contributed by atoms with Gasteiger partial charge in [-0.2, -0.15) is 0 Å². The van der Waals surface area contributed by atoms with Gasteiger partial charge in [0.1, 0.15) is 5.78 Å². The summed E-state index contributed by atoms with van der Waals surface area (Å²) in [6, 6.07) is 0. The SMILES string of the molecule is CCCCCCCCCCCCCC(=O)CC(=O)[O-].[Na+]. The summed E-state index contributed by atoms with van der Waals surface area (Å²) in [6.07, 6.45) is 13.6. The van der Waals surface area contributed by atoms with Crippen LogP contribution in [0.15, 0.2) is 0 Å². The third-order valence-corrected chi connectivity index (χ3v) is 3.40. The molecule has 0 aromatic heterocycles. The van der Waals surface area contributed by atoms with Crippen LogP contribution in [-0.4, -0.2) is 11.8 Å². The van der Waals surface area contributed by atoms with Gasteiger partial charge in [0.15, 0.2) is 0 Å². The first-order valence-corrected chi connectivity index (χ1v) is 7.88. The van der Waals surface area contributed by atoms with E-state index in [1.54, 1.807) is 0 Å². The molecule has 0 bridgehead atoms. The second-order valence-electron chi connectivity index (χ2n) is 5.37. The molecule has 0 radical (unpaired) electrons. The molecule has 0 aliphatic heterocycles. The second-order valence-corrected chi connectivity index (χ2v) is 5.37. The molecule has 0 atom stereocenters. The van der Waals surface area contributed by atoms with E-state index in [9.17, 15) is 14.7 Å². The molecule has 0 heterocycles. The molecule has 0 aromatic rings. The second kappa shape index (κ2) is 17.2. The number of carbonyl (C=O) groups is 2. The van der Waals surface area contributed by atoms with Crippen molar-refractivity contribution in [1.82, 2.24) is 0 Å². The Morgan fingerprint density at radius 3 is 1.55 bits per heavy atom. The molecule has 0 spiro atoms. The van der Waals surface area contributed by atoms with Gasteiger partial charge in [-0.05, 0) is 6.42 Å². The van der Waals surface area contributed by atoms with Gasteiger partial charge in [-0.3, -0.25) is 4.79 Å². The van der Waals surface area contributed by atoms with Crippen LogP contribution >= 0.6 is 0 Å². The van der Waals surface area contributed by atoms with Crippen molar-refractivity contribution in [3.05, 3.63) is 0 Å². The van der Waals surface area contributed by atoms with Crippen LogP contribution in [0, 0.1) is 0 Å². The Kier molecular flexibility index (Phi) is 19.3. The molecule has 0 N–H and O–H groups in total. The molecule has 3 nitrogen and oxygen atoms in total. The molecule has 0 saturated carbocycles. The van der Waals surface area contributed by atoms with Crippen LogP contribution in [0.2, 0.25) is 0 Å². The number of rotatable bonds is 14. The van der Waals surface area contributed by atoms with Gasteiger partial charge in [0, 0.05) is 18.8 Å². The summed E-state index contributed by atoms with van der Waals surface area (Å²) in [5.74, 6) is -1.45. The fourth-order valence-corrected chi connectivity index (χ4v) is 2.24. The van der Waals surface area contributed by atoms with Gasteiger partial charge in [0.25, 0.3) is 0 Å². The van der Waals surface area contributed by atoms with Crippen molar-refractivity contribution in [2.24, 2.45) is 0 Å². The van der Waals surface area contributed by atoms with E-state index in [-0.39, 0.29) is 35.3 Å². The minimum Gasteiger partial charge on any atom is -0.550 e. The van der Waals surface area contributed by atoms with Crippen molar-refractivity contribution >= 4 is 11.8 Å². The maximum absolute atomic E-state index is 11.1. The maximum atomic E-state index is 11.1. The van der Waals surface area contributed by atoms with Gasteiger partial charge in [0.05, 0.1) is 0 Å². The Hall–Kier alpha value is 0.140. The molecule has 112 valence electrons. The van der Waals surface area contributed by atoms with Crippen molar-refractivity contribution in [2.45, 2.75) is 90.4 Å². The largest absolute Gasteiger partial charge is 1.00 e. The monoisotopic (exact) mass is 292 g/mol. The zero-order valence-corrected chi connectivity index (χ0v) is 15.4. The first-order valence-electron chi connectivity index (χ1n) is 7.88. The van der Waals surface area contributed by atoms with E-state index in [1.807, 2.05) is 0 Å². The molecule has 0 fully saturated rings. The summed E-state index contributed by atoms with van der Waals surface area (Å²) in [6.45, 7) is 2.23. The van der Waals surface area contributed by atoms with Crippen molar-refractivity contribution in [1.29, 1.82) is 0 Å². The molecule has 0 aromatic carbocycles. The van der Waals surface area contributed by atoms with E-state index in [0.717, 1.165) is 19.3 Å². The summed E-state index contributed by atoms with van der Waals surface area (Å²) in [5.41, 5.74) is 0. The molecule has 0 amide bonds. The van der Waals surface area contributed by atoms with Crippen molar-refractivity contribution < 1.29 is 44.3 Å². The van der Waals surface area contributed by atoms with Crippen LogP contribution in [0.25, 0.3) is 0 Å². The van der Waals surface area contributed by atoms with E-state index < -0.39 is 12.4 Å². The molecule has 0 rings (SSSR count). The summed E-state index contributed by atoms with van der Waals surface area (Å²) < 4.78 is 0. The average Bonchev–Trinajstić information content (AvgIpc) is 2.35. The number of ketones is 1. The smallest absolute Gasteiger partial charge is 0.550 e. The first-order chi connectivity index (χ1) is 9.16. The molecule has 20 heavy (non-hydrogen) atoms. The van der Waals surface area contributed by atoms with Gasteiger partial charge >= 0.3 is 29.6 Å². The minimum atomic E-state index is -1.26. The van der Waals surface area contributed by atoms with Gasteiger partial charge in [-0.1, -0.05) is 71.1 Å². The maximum Gasteiger partial charge on any atom is 1.00 e. The van der Waals surface area contributed by atoms with Crippen molar-refractivity contribution in [3.63, 3.8) is 0 Å². The summed E-state index contributed by atoms with van der Waals surface area (Å²) in [5, 5.41) is 10.2. The number of carboxylic acid groups (broad SMARTS) is 1. The Morgan fingerprint density at radius 2 is 1.15 bits per heavy atom. The van der Waals surface area contributed by atoms with Crippen molar-refractivity contribution in [2.75, 3.05) is 0 Å². The number of carboxylic acids is 1. The van der Waals surface area contributed by atoms with E-state index in [2.05, 4.69) is 6.92 Å². The van der Waals surface area contributed by atoms with Gasteiger partial charge in [-0.15, -0.1) is 0 Å². The third kappa shape index (κ3) is 18.1. The van der Waals surface area contributed by atoms with Crippen LogP contribution in [0.1, 0.15) is 90.4 Å². The molecular formula is C16H29NaO3. The minimum absolute atomic E-state index is 0. The number of carbonyl (C=O) groups excluding carboxylic acids is 2. The summed E-state index contributed by atoms with van der Waals surface area (Å²) in [4.78, 5) is 21.3. The number of unbranched alkanes of at least 4 members (excludes halogenated alkanes) is 10.